The lowest BCUT2D eigenvalue weighted by atomic mass is 10.1. The Labute approximate surface area is 102 Å². The van der Waals surface area contributed by atoms with Crippen LogP contribution in [0.1, 0.15) is 16.9 Å². The van der Waals surface area contributed by atoms with E-state index in [1.54, 1.807) is 18.2 Å². The van der Waals surface area contributed by atoms with Crippen molar-refractivity contribution in [3.63, 3.8) is 0 Å². The van der Waals surface area contributed by atoms with E-state index in [0.717, 1.165) is 13.0 Å². The summed E-state index contributed by atoms with van der Waals surface area (Å²) in [4.78, 5) is 15.6. The average molecular weight is 286 g/mol. The Kier molecular flexibility index (Phi) is 3.90. The molecule has 5 heteroatoms. The van der Waals surface area contributed by atoms with Gasteiger partial charge in [0, 0.05) is 12.5 Å². The molecule has 86 valence electrons. The summed E-state index contributed by atoms with van der Waals surface area (Å²) in [5, 5.41) is 0. The van der Waals surface area contributed by atoms with E-state index < -0.39 is 0 Å². The number of pyridine rings is 1. The molecule has 0 aliphatic carbocycles. The number of carbonyl (C=O) groups is 1. The zero-order valence-corrected chi connectivity index (χ0v) is 10.3. The molecule has 1 aromatic rings. The summed E-state index contributed by atoms with van der Waals surface area (Å²) in [5.74, 6) is -0.0516. The van der Waals surface area contributed by atoms with Gasteiger partial charge < -0.3 is 9.47 Å². The number of hydrogen-bond donors (Lipinski definition) is 0. The molecule has 0 bridgehead atoms. The predicted molar refractivity (Wildman–Crippen MR) is 61.1 cm³/mol. The van der Waals surface area contributed by atoms with Gasteiger partial charge >= 0.3 is 5.97 Å². The summed E-state index contributed by atoms with van der Waals surface area (Å²) < 4.78 is 11.0. The van der Waals surface area contributed by atoms with Crippen molar-refractivity contribution >= 4 is 21.9 Å². The first-order valence-corrected chi connectivity index (χ1v) is 5.92. The first-order valence-electron chi connectivity index (χ1n) is 5.13. The second-order valence-corrected chi connectivity index (χ2v) is 4.49. The molecule has 1 atom stereocenters. The molecule has 1 aliphatic rings. The Hall–Kier alpha value is -0.940. The molecule has 1 fully saturated rings. The molecule has 0 N–H and O–H groups in total. The second kappa shape index (κ2) is 5.41. The van der Waals surface area contributed by atoms with E-state index >= 15 is 0 Å². The zero-order valence-electron chi connectivity index (χ0n) is 8.69. The smallest absolute Gasteiger partial charge is 0.356 e. The van der Waals surface area contributed by atoms with Crippen molar-refractivity contribution < 1.29 is 14.3 Å². The van der Waals surface area contributed by atoms with Gasteiger partial charge in [0.1, 0.15) is 10.3 Å². The molecule has 0 saturated carbocycles. The Morgan fingerprint density at radius 1 is 1.62 bits per heavy atom. The molecule has 1 aromatic heterocycles. The fourth-order valence-corrected chi connectivity index (χ4v) is 1.85. The normalized spacial score (nSPS) is 19.7. The van der Waals surface area contributed by atoms with Crippen molar-refractivity contribution in [3.05, 3.63) is 28.5 Å². The van der Waals surface area contributed by atoms with Gasteiger partial charge in [-0.2, -0.15) is 0 Å². The van der Waals surface area contributed by atoms with Crippen LogP contribution in [0, 0.1) is 5.92 Å². The third kappa shape index (κ3) is 3.02. The lowest BCUT2D eigenvalue weighted by Crippen LogP contribution is -2.15. The number of halogens is 1. The fourth-order valence-electron chi connectivity index (χ4n) is 1.50. The number of aromatic nitrogens is 1. The minimum absolute atomic E-state index is 0.327. The maximum atomic E-state index is 11.6. The molecule has 0 spiro atoms. The van der Waals surface area contributed by atoms with Crippen molar-refractivity contribution in [2.75, 3.05) is 19.8 Å². The molecule has 4 nitrogen and oxygen atoms in total. The predicted octanol–water partition coefficient (Wildman–Crippen LogP) is 2.04. The van der Waals surface area contributed by atoms with E-state index in [1.165, 1.54) is 0 Å². The summed E-state index contributed by atoms with van der Waals surface area (Å²) in [6, 6.07) is 5.16. The summed E-state index contributed by atoms with van der Waals surface area (Å²) >= 11 is 3.21. The van der Waals surface area contributed by atoms with Crippen LogP contribution in [0.5, 0.6) is 0 Å². The molecule has 1 unspecified atom stereocenters. The van der Waals surface area contributed by atoms with Gasteiger partial charge in [-0.3, -0.25) is 0 Å². The minimum Gasteiger partial charge on any atom is -0.461 e. The number of hydrogen-bond acceptors (Lipinski definition) is 4. The van der Waals surface area contributed by atoms with E-state index in [-0.39, 0.29) is 5.97 Å². The van der Waals surface area contributed by atoms with E-state index in [1.807, 2.05) is 0 Å². The van der Waals surface area contributed by atoms with Crippen LogP contribution in [0.15, 0.2) is 22.8 Å². The van der Waals surface area contributed by atoms with Crippen molar-refractivity contribution in [1.29, 1.82) is 0 Å². The highest BCUT2D eigenvalue weighted by Gasteiger charge is 2.18. The van der Waals surface area contributed by atoms with E-state index in [0.29, 0.717) is 29.4 Å². The third-order valence-corrected chi connectivity index (χ3v) is 2.84. The Morgan fingerprint density at radius 2 is 2.50 bits per heavy atom. The van der Waals surface area contributed by atoms with Gasteiger partial charge in [0.25, 0.3) is 0 Å². The van der Waals surface area contributed by atoms with Gasteiger partial charge in [0.15, 0.2) is 0 Å². The summed E-state index contributed by atoms with van der Waals surface area (Å²) in [5.41, 5.74) is 0.327. The molecular weight excluding hydrogens is 274 g/mol. The van der Waals surface area contributed by atoms with Crippen LogP contribution in [-0.2, 0) is 9.47 Å². The molecule has 2 heterocycles. The monoisotopic (exact) mass is 285 g/mol. The molecule has 1 saturated heterocycles. The second-order valence-electron chi connectivity index (χ2n) is 3.67. The maximum absolute atomic E-state index is 11.6. The average Bonchev–Trinajstić information content (AvgIpc) is 2.78. The molecule has 2 rings (SSSR count). The Morgan fingerprint density at radius 3 is 3.19 bits per heavy atom. The van der Waals surface area contributed by atoms with Crippen molar-refractivity contribution in [3.8, 4) is 0 Å². The topological polar surface area (TPSA) is 48.4 Å². The molecule has 0 aromatic carbocycles. The van der Waals surface area contributed by atoms with Gasteiger partial charge in [0.05, 0.1) is 13.2 Å². The lowest BCUT2D eigenvalue weighted by molar-refractivity contribution is 0.0421. The van der Waals surface area contributed by atoms with E-state index in [9.17, 15) is 4.79 Å². The first-order chi connectivity index (χ1) is 7.75. The Balaban J connectivity index is 1.87. The minimum atomic E-state index is -0.381. The van der Waals surface area contributed by atoms with Crippen LogP contribution < -0.4 is 0 Å². The summed E-state index contributed by atoms with van der Waals surface area (Å²) in [6.07, 6.45) is 0.958. The SMILES string of the molecule is O=C(OCC1CCOC1)c1cccc(Br)n1. The Bertz CT molecular complexity index is 377. The number of ether oxygens (including phenoxy) is 2. The van der Waals surface area contributed by atoms with Gasteiger partial charge in [-0.25, -0.2) is 9.78 Å². The highest BCUT2D eigenvalue weighted by Crippen LogP contribution is 2.13. The van der Waals surface area contributed by atoms with Gasteiger partial charge in [0.2, 0.25) is 0 Å². The van der Waals surface area contributed by atoms with Crippen LogP contribution in [0.25, 0.3) is 0 Å². The quantitative estimate of drug-likeness (QED) is 0.630. The molecule has 16 heavy (non-hydrogen) atoms. The van der Waals surface area contributed by atoms with Crippen molar-refractivity contribution in [1.82, 2.24) is 4.98 Å². The zero-order chi connectivity index (χ0) is 11.4. The van der Waals surface area contributed by atoms with Crippen LogP contribution in [0.3, 0.4) is 0 Å². The van der Waals surface area contributed by atoms with Gasteiger partial charge in [-0.15, -0.1) is 0 Å². The van der Waals surface area contributed by atoms with E-state index in [2.05, 4.69) is 20.9 Å². The highest BCUT2D eigenvalue weighted by atomic mass is 79.9. The molecule has 0 radical (unpaired) electrons. The fraction of sp³-hybridized carbons (Fsp3) is 0.455. The maximum Gasteiger partial charge on any atom is 0.356 e. The third-order valence-electron chi connectivity index (χ3n) is 2.40. The molecule has 1 aliphatic heterocycles. The first kappa shape index (κ1) is 11.5. The number of carbonyl (C=O) groups excluding carboxylic acids is 1. The standard InChI is InChI=1S/C11H12BrNO3/c12-10-3-1-2-9(13-10)11(14)16-7-8-4-5-15-6-8/h1-3,8H,4-7H2. The van der Waals surface area contributed by atoms with Gasteiger partial charge in [-0.1, -0.05) is 6.07 Å². The number of rotatable bonds is 3. The molecular formula is C11H12BrNO3. The van der Waals surface area contributed by atoms with Crippen LogP contribution >= 0.6 is 15.9 Å². The van der Waals surface area contributed by atoms with Crippen molar-refractivity contribution in [2.24, 2.45) is 5.92 Å². The highest BCUT2D eigenvalue weighted by molar-refractivity contribution is 9.10. The summed E-state index contributed by atoms with van der Waals surface area (Å²) in [7, 11) is 0. The van der Waals surface area contributed by atoms with Gasteiger partial charge in [-0.05, 0) is 34.5 Å². The summed E-state index contributed by atoms with van der Waals surface area (Å²) in [6.45, 7) is 1.85. The van der Waals surface area contributed by atoms with Crippen LogP contribution in [0.4, 0.5) is 0 Å². The van der Waals surface area contributed by atoms with Crippen LogP contribution in [-0.4, -0.2) is 30.8 Å². The number of nitrogens with zero attached hydrogens (tertiary/aromatic N) is 1. The number of esters is 1. The lowest BCUT2D eigenvalue weighted by Gasteiger charge is -2.08. The van der Waals surface area contributed by atoms with Crippen LogP contribution in [0.2, 0.25) is 0 Å². The van der Waals surface area contributed by atoms with E-state index in [4.69, 9.17) is 9.47 Å². The largest absolute Gasteiger partial charge is 0.461 e. The molecule has 0 amide bonds. The van der Waals surface area contributed by atoms with Crippen molar-refractivity contribution in [2.45, 2.75) is 6.42 Å².